The summed E-state index contributed by atoms with van der Waals surface area (Å²) in [6.45, 7) is 1.29. The van der Waals surface area contributed by atoms with E-state index >= 15 is 0 Å². The predicted molar refractivity (Wildman–Crippen MR) is 116 cm³/mol. The topological polar surface area (TPSA) is 99.2 Å². The molecule has 156 valence electrons. The number of nitriles is 1. The average molecular weight is 405 g/mol. The van der Waals surface area contributed by atoms with E-state index in [1.165, 1.54) is 0 Å². The molecule has 0 fully saturated rings. The van der Waals surface area contributed by atoms with Gasteiger partial charge in [0.25, 0.3) is 5.91 Å². The Kier molecular flexibility index (Phi) is 7.21. The number of nitrogens with zero attached hydrogens (tertiary/aromatic N) is 2. The van der Waals surface area contributed by atoms with Gasteiger partial charge in [-0.05, 0) is 47.7 Å². The van der Waals surface area contributed by atoms with Crippen molar-refractivity contribution in [3.05, 3.63) is 59.2 Å². The zero-order valence-electron chi connectivity index (χ0n) is 17.4. The van der Waals surface area contributed by atoms with Crippen molar-refractivity contribution >= 4 is 11.8 Å². The van der Waals surface area contributed by atoms with Crippen LogP contribution in [0.3, 0.4) is 0 Å². The molecule has 0 saturated carbocycles. The number of benzene rings is 2. The van der Waals surface area contributed by atoms with Gasteiger partial charge in [0.05, 0.1) is 6.07 Å². The molecule has 2 amide bonds. The van der Waals surface area contributed by atoms with Crippen molar-refractivity contribution in [2.75, 3.05) is 13.6 Å². The zero-order chi connectivity index (χ0) is 21.5. The van der Waals surface area contributed by atoms with E-state index in [1.54, 1.807) is 11.9 Å². The minimum atomic E-state index is -0.550. The lowest BCUT2D eigenvalue weighted by Gasteiger charge is -2.12. The summed E-state index contributed by atoms with van der Waals surface area (Å²) >= 11 is 0. The van der Waals surface area contributed by atoms with Crippen LogP contribution in [-0.4, -0.2) is 36.3 Å². The molecule has 3 rings (SSSR count). The molecule has 0 radical (unpaired) electrons. The standard InChI is InChI=1S/C24H28N4O2/c1-28-16-20-11-10-19(14-22(20)24(28)30)18-8-6-17(7-9-18)13-21(15-26)27-23(29)5-3-2-4-12-25/h6-11,14,21H,2-5,12-13,16,25H2,1H3,(H,27,29). The molecule has 6 heteroatoms. The highest BCUT2D eigenvalue weighted by Crippen LogP contribution is 2.28. The first kappa shape index (κ1) is 21.5. The van der Waals surface area contributed by atoms with E-state index in [9.17, 15) is 14.9 Å². The van der Waals surface area contributed by atoms with Gasteiger partial charge in [0.15, 0.2) is 0 Å². The summed E-state index contributed by atoms with van der Waals surface area (Å²) in [7, 11) is 1.81. The molecule has 2 aromatic carbocycles. The molecule has 1 unspecified atom stereocenters. The second kappa shape index (κ2) is 10.0. The van der Waals surface area contributed by atoms with Crippen LogP contribution >= 0.6 is 0 Å². The summed E-state index contributed by atoms with van der Waals surface area (Å²) in [4.78, 5) is 26.0. The number of rotatable bonds is 9. The number of nitrogens with two attached hydrogens (primary N) is 1. The van der Waals surface area contributed by atoms with Crippen LogP contribution in [-0.2, 0) is 17.8 Å². The lowest BCUT2D eigenvalue weighted by Crippen LogP contribution is -2.35. The van der Waals surface area contributed by atoms with Crippen LogP contribution in [0.15, 0.2) is 42.5 Å². The lowest BCUT2D eigenvalue weighted by atomic mass is 9.98. The molecule has 1 aliphatic rings. The molecule has 1 aliphatic heterocycles. The van der Waals surface area contributed by atoms with Gasteiger partial charge in [-0.25, -0.2) is 0 Å². The SMILES string of the molecule is CN1Cc2ccc(-c3ccc(CC(C#N)NC(=O)CCCCCN)cc3)cc2C1=O. The minimum absolute atomic E-state index is 0.0547. The third-order valence-corrected chi connectivity index (χ3v) is 5.42. The van der Waals surface area contributed by atoms with E-state index in [4.69, 9.17) is 5.73 Å². The Balaban J connectivity index is 1.60. The molecular formula is C24H28N4O2. The Morgan fingerprint density at radius 3 is 2.60 bits per heavy atom. The Morgan fingerprint density at radius 1 is 1.17 bits per heavy atom. The first-order chi connectivity index (χ1) is 14.5. The number of hydrogen-bond acceptors (Lipinski definition) is 4. The molecule has 3 N–H and O–H groups in total. The van der Waals surface area contributed by atoms with E-state index in [-0.39, 0.29) is 11.8 Å². The predicted octanol–water partition coefficient (Wildman–Crippen LogP) is 3.01. The summed E-state index contributed by atoms with van der Waals surface area (Å²) in [6, 6.07) is 15.5. The van der Waals surface area contributed by atoms with Crippen LogP contribution in [0.2, 0.25) is 0 Å². The molecule has 30 heavy (non-hydrogen) atoms. The van der Waals surface area contributed by atoms with E-state index in [2.05, 4.69) is 11.4 Å². The van der Waals surface area contributed by atoms with E-state index in [1.807, 2.05) is 42.5 Å². The van der Waals surface area contributed by atoms with Crippen LogP contribution in [0.4, 0.5) is 0 Å². The zero-order valence-corrected chi connectivity index (χ0v) is 17.4. The van der Waals surface area contributed by atoms with Gasteiger partial charge >= 0.3 is 0 Å². The summed E-state index contributed by atoms with van der Waals surface area (Å²) in [5, 5.41) is 12.2. The molecule has 1 atom stereocenters. The monoisotopic (exact) mass is 404 g/mol. The van der Waals surface area contributed by atoms with Crippen LogP contribution in [0, 0.1) is 11.3 Å². The molecule has 6 nitrogen and oxygen atoms in total. The van der Waals surface area contributed by atoms with Crippen molar-refractivity contribution in [1.29, 1.82) is 5.26 Å². The average Bonchev–Trinajstić information content (AvgIpc) is 3.04. The molecule has 1 heterocycles. The Hall–Kier alpha value is -3.17. The molecule has 0 spiro atoms. The van der Waals surface area contributed by atoms with Gasteiger partial charge in [0, 0.05) is 32.0 Å². The van der Waals surface area contributed by atoms with Gasteiger partial charge in [0.1, 0.15) is 6.04 Å². The molecule has 0 aromatic heterocycles. The summed E-state index contributed by atoms with van der Waals surface area (Å²) < 4.78 is 0. The number of unbranched alkanes of at least 4 members (excludes halogenated alkanes) is 2. The highest BCUT2D eigenvalue weighted by molar-refractivity contribution is 5.99. The van der Waals surface area contributed by atoms with Crippen LogP contribution < -0.4 is 11.1 Å². The number of carbonyl (C=O) groups is 2. The Morgan fingerprint density at radius 2 is 1.90 bits per heavy atom. The first-order valence-corrected chi connectivity index (χ1v) is 10.4. The summed E-state index contributed by atoms with van der Waals surface area (Å²) in [6.07, 6.45) is 3.50. The third-order valence-electron chi connectivity index (χ3n) is 5.42. The summed E-state index contributed by atoms with van der Waals surface area (Å²) in [5.41, 5.74) is 10.3. The molecule has 0 saturated heterocycles. The molecular weight excluding hydrogens is 376 g/mol. The highest BCUT2D eigenvalue weighted by Gasteiger charge is 2.24. The van der Waals surface area contributed by atoms with Gasteiger partial charge in [-0.1, -0.05) is 42.8 Å². The van der Waals surface area contributed by atoms with Crippen molar-refractivity contribution < 1.29 is 9.59 Å². The van der Waals surface area contributed by atoms with E-state index in [0.29, 0.717) is 25.9 Å². The number of hydrogen-bond donors (Lipinski definition) is 2. The van der Waals surface area contributed by atoms with Gasteiger partial charge in [-0.15, -0.1) is 0 Å². The number of fused-ring (bicyclic) bond motifs is 1. The van der Waals surface area contributed by atoms with E-state index < -0.39 is 6.04 Å². The van der Waals surface area contributed by atoms with E-state index in [0.717, 1.165) is 47.1 Å². The fourth-order valence-electron chi connectivity index (χ4n) is 3.70. The normalized spacial score (nSPS) is 13.6. The molecule has 0 bridgehead atoms. The first-order valence-electron chi connectivity index (χ1n) is 10.4. The van der Waals surface area contributed by atoms with Crippen LogP contribution in [0.5, 0.6) is 0 Å². The van der Waals surface area contributed by atoms with Crippen LogP contribution in [0.1, 0.15) is 47.2 Å². The maximum Gasteiger partial charge on any atom is 0.254 e. The third kappa shape index (κ3) is 5.25. The molecule has 2 aromatic rings. The quantitative estimate of drug-likeness (QED) is 0.628. The van der Waals surface area contributed by atoms with Crippen molar-refractivity contribution in [2.24, 2.45) is 5.73 Å². The van der Waals surface area contributed by atoms with Crippen molar-refractivity contribution in [1.82, 2.24) is 10.2 Å². The molecule has 0 aliphatic carbocycles. The van der Waals surface area contributed by atoms with Crippen LogP contribution in [0.25, 0.3) is 11.1 Å². The van der Waals surface area contributed by atoms with Crippen molar-refractivity contribution in [2.45, 2.75) is 44.7 Å². The fraction of sp³-hybridized carbons (Fsp3) is 0.375. The minimum Gasteiger partial charge on any atom is -0.340 e. The largest absolute Gasteiger partial charge is 0.340 e. The maximum atomic E-state index is 12.2. The van der Waals surface area contributed by atoms with Gasteiger partial charge < -0.3 is 16.0 Å². The fourth-order valence-corrected chi connectivity index (χ4v) is 3.70. The van der Waals surface area contributed by atoms with Gasteiger partial charge in [-0.2, -0.15) is 5.26 Å². The van der Waals surface area contributed by atoms with Crippen molar-refractivity contribution in [3.8, 4) is 17.2 Å². The Labute approximate surface area is 177 Å². The summed E-state index contributed by atoms with van der Waals surface area (Å²) in [5.74, 6) is -0.0398. The second-order valence-electron chi connectivity index (χ2n) is 7.78. The second-order valence-corrected chi connectivity index (χ2v) is 7.78. The number of carbonyl (C=O) groups excluding carboxylic acids is 2. The van der Waals surface area contributed by atoms with Gasteiger partial charge in [-0.3, -0.25) is 9.59 Å². The van der Waals surface area contributed by atoms with Gasteiger partial charge in [0.2, 0.25) is 5.91 Å². The lowest BCUT2D eigenvalue weighted by molar-refractivity contribution is -0.121. The maximum absolute atomic E-state index is 12.2. The smallest absolute Gasteiger partial charge is 0.254 e. The number of nitrogens with one attached hydrogen (secondary N) is 1. The Bertz CT molecular complexity index is 947. The number of amides is 2. The highest BCUT2D eigenvalue weighted by atomic mass is 16.2. The van der Waals surface area contributed by atoms with Crippen molar-refractivity contribution in [3.63, 3.8) is 0 Å².